The fourth-order valence-electron chi connectivity index (χ4n) is 1.67. The first-order valence-electron chi connectivity index (χ1n) is 6.78. The number of hydrogen-bond donors (Lipinski definition) is 1. The van der Waals surface area contributed by atoms with Crippen molar-refractivity contribution in [3.63, 3.8) is 0 Å². The Morgan fingerprint density at radius 1 is 1.25 bits per heavy atom. The first-order chi connectivity index (χ1) is 9.38. The average molecular weight is 271 g/mol. The number of amides is 1. The molecule has 0 aliphatic rings. The van der Waals surface area contributed by atoms with E-state index in [1.807, 2.05) is 41.8 Å². The molecule has 0 saturated carbocycles. The van der Waals surface area contributed by atoms with E-state index in [0.29, 0.717) is 5.69 Å². The lowest BCUT2D eigenvalue weighted by Crippen LogP contribution is -2.41. The molecule has 1 aromatic carbocycles. The Morgan fingerprint density at radius 3 is 2.50 bits per heavy atom. The number of nitrogens with zero attached hydrogens (tertiary/aromatic N) is 2. The summed E-state index contributed by atoms with van der Waals surface area (Å²) in [6, 6.07) is 9.89. The van der Waals surface area contributed by atoms with E-state index in [4.69, 9.17) is 0 Å². The maximum atomic E-state index is 12.2. The Hall–Kier alpha value is -2.10. The van der Waals surface area contributed by atoms with Crippen LogP contribution >= 0.6 is 0 Å². The number of para-hydroxylation sites is 1. The lowest BCUT2D eigenvalue weighted by molar-refractivity contribution is 0.0905. The second kappa shape index (κ2) is 5.49. The summed E-state index contributed by atoms with van der Waals surface area (Å²) in [7, 11) is 0. The molecule has 0 fully saturated rings. The molecule has 1 aromatic heterocycles. The van der Waals surface area contributed by atoms with Crippen molar-refractivity contribution in [1.82, 2.24) is 14.9 Å². The van der Waals surface area contributed by atoms with Gasteiger partial charge < -0.3 is 9.88 Å². The van der Waals surface area contributed by atoms with E-state index in [1.165, 1.54) is 0 Å². The summed E-state index contributed by atoms with van der Waals surface area (Å²) < 4.78 is 1.84. The van der Waals surface area contributed by atoms with Crippen LogP contribution in [-0.2, 0) is 0 Å². The SMILES string of the molecule is CC(NC(=O)c1cn(-c2ccccc2)cn1)C(C)(C)C. The third kappa shape index (κ3) is 3.26. The van der Waals surface area contributed by atoms with Gasteiger partial charge in [-0.05, 0) is 24.5 Å². The second-order valence-electron chi connectivity index (χ2n) is 6.06. The fourth-order valence-corrected chi connectivity index (χ4v) is 1.67. The molecular weight excluding hydrogens is 250 g/mol. The monoisotopic (exact) mass is 271 g/mol. The Morgan fingerprint density at radius 2 is 1.90 bits per heavy atom. The Balaban J connectivity index is 2.11. The summed E-state index contributed by atoms with van der Waals surface area (Å²) in [5, 5.41) is 2.99. The van der Waals surface area contributed by atoms with Crippen molar-refractivity contribution < 1.29 is 4.79 Å². The number of benzene rings is 1. The molecule has 4 nitrogen and oxygen atoms in total. The maximum absolute atomic E-state index is 12.2. The molecule has 1 unspecified atom stereocenters. The molecule has 0 aliphatic heterocycles. The van der Waals surface area contributed by atoms with Gasteiger partial charge in [-0.25, -0.2) is 4.98 Å². The second-order valence-corrected chi connectivity index (χ2v) is 6.06. The number of rotatable bonds is 3. The molecule has 1 atom stereocenters. The molecule has 20 heavy (non-hydrogen) atoms. The van der Waals surface area contributed by atoms with Gasteiger partial charge in [-0.3, -0.25) is 4.79 Å². The zero-order valence-electron chi connectivity index (χ0n) is 12.4. The third-order valence-electron chi connectivity index (χ3n) is 3.52. The molecule has 0 spiro atoms. The van der Waals surface area contributed by atoms with Gasteiger partial charge in [0.15, 0.2) is 0 Å². The molecule has 0 bridgehead atoms. The van der Waals surface area contributed by atoms with Crippen molar-refractivity contribution >= 4 is 5.91 Å². The normalized spacial score (nSPS) is 13.0. The van der Waals surface area contributed by atoms with Gasteiger partial charge in [0.25, 0.3) is 5.91 Å². The third-order valence-corrected chi connectivity index (χ3v) is 3.52. The quantitative estimate of drug-likeness (QED) is 0.932. The van der Waals surface area contributed by atoms with E-state index >= 15 is 0 Å². The molecule has 1 amide bonds. The predicted molar refractivity (Wildman–Crippen MR) is 79.9 cm³/mol. The van der Waals surface area contributed by atoms with Crippen LogP contribution in [0, 0.1) is 5.41 Å². The molecule has 2 rings (SSSR count). The highest BCUT2D eigenvalue weighted by Crippen LogP contribution is 2.18. The van der Waals surface area contributed by atoms with Crippen LogP contribution in [0.25, 0.3) is 5.69 Å². The van der Waals surface area contributed by atoms with Gasteiger partial charge >= 0.3 is 0 Å². The van der Waals surface area contributed by atoms with Gasteiger partial charge in [-0.2, -0.15) is 0 Å². The summed E-state index contributed by atoms with van der Waals surface area (Å²) in [4.78, 5) is 16.3. The van der Waals surface area contributed by atoms with Crippen molar-refractivity contribution in [1.29, 1.82) is 0 Å². The van der Waals surface area contributed by atoms with Crippen LogP contribution in [0.15, 0.2) is 42.9 Å². The standard InChI is InChI=1S/C16H21N3O/c1-12(16(2,3)4)18-15(20)14-10-19(11-17-14)13-8-6-5-7-9-13/h5-12H,1-4H3,(H,18,20). The predicted octanol–water partition coefficient (Wildman–Crippen LogP) is 3.04. The number of aromatic nitrogens is 2. The Labute approximate surface area is 119 Å². The van der Waals surface area contributed by atoms with Crippen molar-refractivity contribution in [3.8, 4) is 5.69 Å². The number of hydrogen-bond acceptors (Lipinski definition) is 2. The highest BCUT2D eigenvalue weighted by Gasteiger charge is 2.23. The van der Waals surface area contributed by atoms with Gasteiger partial charge in [-0.15, -0.1) is 0 Å². The molecule has 1 heterocycles. The van der Waals surface area contributed by atoms with Crippen LogP contribution in [0.3, 0.4) is 0 Å². The van der Waals surface area contributed by atoms with E-state index < -0.39 is 0 Å². The minimum absolute atomic E-state index is 0.0255. The van der Waals surface area contributed by atoms with Crippen LogP contribution in [0.1, 0.15) is 38.2 Å². The summed E-state index contributed by atoms with van der Waals surface area (Å²) in [5.74, 6) is -0.137. The average Bonchev–Trinajstić information content (AvgIpc) is 2.88. The van der Waals surface area contributed by atoms with Crippen molar-refractivity contribution in [2.75, 3.05) is 0 Å². The number of carbonyl (C=O) groups excluding carboxylic acids is 1. The van der Waals surface area contributed by atoms with E-state index in [9.17, 15) is 4.79 Å². The van der Waals surface area contributed by atoms with E-state index in [0.717, 1.165) is 5.69 Å². The molecule has 0 radical (unpaired) electrons. The van der Waals surface area contributed by atoms with Gasteiger partial charge in [0.1, 0.15) is 12.0 Å². The highest BCUT2D eigenvalue weighted by molar-refractivity contribution is 5.92. The molecule has 106 valence electrons. The largest absolute Gasteiger partial charge is 0.348 e. The zero-order chi connectivity index (χ0) is 14.8. The topological polar surface area (TPSA) is 46.9 Å². The number of carbonyl (C=O) groups is 1. The summed E-state index contributed by atoms with van der Waals surface area (Å²) in [6.45, 7) is 8.30. The van der Waals surface area contributed by atoms with Crippen molar-refractivity contribution in [2.24, 2.45) is 5.41 Å². The van der Waals surface area contributed by atoms with E-state index in [2.05, 4.69) is 31.1 Å². The summed E-state index contributed by atoms with van der Waals surface area (Å²) >= 11 is 0. The minimum atomic E-state index is -0.137. The molecule has 4 heteroatoms. The summed E-state index contributed by atoms with van der Waals surface area (Å²) in [5.41, 5.74) is 1.45. The Kier molecular flexibility index (Phi) is 3.93. The fraction of sp³-hybridized carbons (Fsp3) is 0.375. The zero-order valence-corrected chi connectivity index (χ0v) is 12.4. The molecule has 0 aliphatic carbocycles. The smallest absolute Gasteiger partial charge is 0.271 e. The van der Waals surface area contributed by atoms with Gasteiger partial charge in [0, 0.05) is 17.9 Å². The van der Waals surface area contributed by atoms with E-state index in [-0.39, 0.29) is 17.4 Å². The lowest BCUT2D eigenvalue weighted by atomic mass is 9.88. The van der Waals surface area contributed by atoms with Crippen molar-refractivity contribution in [3.05, 3.63) is 48.5 Å². The summed E-state index contributed by atoms with van der Waals surface area (Å²) in [6.07, 6.45) is 3.41. The van der Waals surface area contributed by atoms with Gasteiger partial charge in [0.2, 0.25) is 0 Å². The van der Waals surface area contributed by atoms with E-state index in [1.54, 1.807) is 12.5 Å². The molecular formula is C16H21N3O. The van der Waals surface area contributed by atoms with Crippen LogP contribution in [0.2, 0.25) is 0 Å². The number of nitrogens with one attached hydrogen (secondary N) is 1. The van der Waals surface area contributed by atoms with Crippen LogP contribution in [0.4, 0.5) is 0 Å². The lowest BCUT2D eigenvalue weighted by Gasteiger charge is -2.27. The minimum Gasteiger partial charge on any atom is -0.348 e. The van der Waals surface area contributed by atoms with Crippen LogP contribution in [-0.4, -0.2) is 21.5 Å². The molecule has 1 N–H and O–H groups in total. The first kappa shape index (κ1) is 14.3. The molecule has 0 saturated heterocycles. The van der Waals surface area contributed by atoms with Crippen LogP contribution < -0.4 is 5.32 Å². The first-order valence-corrected chi connectivity index (χ1v) is 6.78. The Bertz CT molecular complexity index is 581. The van der Waals surface area contributed by atoms with Gasteiger partial charge in [0.05, 0.1) is 0 Å². The number of imidazole rings is 1. The molecule has 2 aromatic rings. The van der Waals surface area contributed by atoms with Crippen molar-refractivity contribution in [2.45, 2.75) is 33.7 Å². The van der Waals surface area contributed by atoms with Crippen LogP contribution in [0.5, 0.6) is 0 Å². The van der Waals surface area contributed by atoms with Gasteiger partial charge in [-0.1, -0.05) is 39.0 Å². The maximum Gasteiger partial charge on any atom is 0.271 e. The highest BCUT2D eigenvalue weighted by atomic mass is 16.2.